The van der Waals surface area contributed by atoms with E-state index in [0.29, 0.717) is 12.8 Å². The summed E-state index contributed by atoms with van der Waals surface area (Å²) in [4.78, 5) is 38.6. The van der Waals surface area contributed by atoms with Crippen molar-refractivity contribution in [3.63, 3.8) is 0 Å². The fraction of sp³-hybridized carbons (Fsp3) is 0.898. The van der Waals surface area contributed by atoms with Gasteiger partial charge in [-0.25, -0.2) is 9.59 Å². The Bertz CT molecular complexity index is 2040. The fourth-order valence-electron chi connectivity index (χ4n) is 15.6. The highest BCUT2D eigenvalue weighted by atomic mass is 16.8. The first-order valence-electron chi connectivity index (χ1n) is 24.8. The Morgan fingerprint density at radius 2 is 1.32 bits per heavy atom. The summed E-state index contributed by atoms with van der Waals surface area (Å²) in [5, 5.41) is 98.5. The molecule has 26 unspecified atom stereocenters. The lowest BCUT2D eigenvalue weighted by molar-refractivity contribution is -0.393. The van der Waals surface area contributed by atoms with Gasteiger partial charge in [0.05, 0.1) is 31.3 Å². The molecule has 0 amide bonds. The van der Waals surface area contributed by atoms with Crippen LogP contribution in [0, 0.1) is 50.2 Å². The molecular formula is C49H74O20. The second-order valence-corrected chi connectivity index (χ2v) is 23.6. The third-order valence-corrected chi connectivity index (χ3v) is 20.2. The standard InChI is InChI=1S/C49H74O20/c1-20-27(51)28(52)33(57)40(63-20)68-37-31(55)29(53)34(38(58)59)66-42(37)69-36-32(56)30(54)35(39(60)62-8)67-41(36)64-25-12-13-46(4)23(47(25,5)19-50)11-14-49(7)24(46)10-9-21-22-17-44(2)18-26(65-43(44)61)45(22,3)15-16-48(21,49)6/h9,20,22-37,40-42,50-57H,10-19H2,1-8H3,(H,58,59). The first-order valence-corrected chi connectivity index (χ1v) is 24.8. The number of aliphatic carboxylic acids is 1. The van der Waals surface area contributed by atoms with Gasteiger partial charge in [0.2, 0.25) is 0 Å². The number of carboxylic acids is 1. The normalized spacial score (nSPS) is 55.8. The Morgan fingerprint density at radius 1 is 0.696 bits per heavy atom. The van der Waals surface area contributed by atoms with Crippen LogP contribution in [0.2, 0.25) is 0 Å². The first-order chi connectivity index (χ1) is 32.2. The Labute approximate surface area is 401 Å². The molecule has 9 rings (SSSR count). The molecule has 4 heterocycles. The molecule has 4 aliphatic heterocycles. The van der Waals surface area contributed by atoms with Crippen LogP contribution in [0.15, 0.2) is 11.6 Å². The molecule has 0 aromatic rings. The van der Waals surface area contributed by atoms with Gasteiger partial charge in [-0.05, 0) is 99.2 Å². The highest BCUT2D eigenvalue weighted by molar-refractivity contribution is 5.79. The Hall–Kier alpha value is -2.41. The molecule has 8 fully saturated rings. The average Bonchev–Trinajstić information content (AvgIpc) is 3.57. The number of aliphatic hydroxyl groups excluding tert-OH is 8. The largest absolute Gasteiger partial charge is 0.479 e. The molecule has 390 valence electrons. The van der Waals surface area contributed by atoms with Crippen LogP contribution in [0.1, 0.15) is 106 Å². The number of ether oxygens (including phenoxy) is 8. The third-order valence-electron chi connectivity index (χ3n) is 20.2. The number of rotatable bonds is 9. The molecule has 9 N–H and O–H groups in total. The number of esters is 2. The lowest BCUT2D eigenvalue weighted by Gasteiger charge is -2.71. The molecule has 0 radical (unpaired) electrons. The molecule has 5 aliphatic carbocycles. The van der Waals surface area contributed by atoms with Gasteiger partial charge in [-0.15, -0.1) is 0 Å². The number of hydrogen-bond acceptors (Lipinski definition) is 19. The summed E-state index contributed by atoms with van der Waals surface area (Å²) in [5.41, 5.74) is -0.743. The quantitative estimate of drug-likeness (QED) is 0.0860. The van der Waals surface area contributed by atoms with E-state index in [1.54, 1.807) is 0 Å². The van der Waals surface area contributed by atoms with Crippen molar-refractivity contribution in [2.24, 2.45) is 50.2 Å². The van der Waals surface area contributed by atoms with Gasteiger partial charge in [0.15, 0.2) is 31.1 Å². The first kappa shape index (κ1) is 51.5. The van der Waals surface area contributed by atoms with Gasteiger partial charge in [-0.2, -0.15) is 0 Å². The zero-order chi connectivity index (χ0) is 50.3. The molecule has 20 nitrogen and oxygen atoms in total. The summed E-state index contributed by atoms with van der Waals surface area (Å²) in [6.45, 7) is 14.5. The SMILES string of the molecule is COC(=O)C1OC(OC2CCC3(C)C(CCC4(C)C3CC=C3C5CC6(C)CC(OC6=O)C5(C)CCC34C)C2(C)CO)C(OC2OC(C(=O)O)C(O)C(O)C2OC2OC(C)C(O)C(O)C2O)C(O)C1O. The lowest BCUT2D eigenvalue weighted by Crippen LogP contribution is -2.68. The van der Waals surface area contributed by atoms with E-state index in [4.69, 9.17) is 37.9 Å². The molecule has 0 spiro atoms. The van der Waals surface area contributed by atoms with Crippen molar-refractivity contribution in [1.82, 2.24) is 0 Å². The van der Waals surface area contributed by atoms with E-state index in [1.807, 2.05) is 6.92 Å². The van der Waals surface area contributed by atoms with Gasteiger partial charge in [0.1, 0.15) is 61.0 Å². The molecule has 26 atom stereocenters. The predicted octanol–water partition coefficient (Wildman–Crippen LogP) is 0.430. The van der Waals surface area contributed by atoms with E-state index in [-0.39, 0.29) is 58.1 Å². The number of methoxy groups -OCH3 is 1. The zero-order valence-corrected chi connectivity index (χ0v) is 40.7. The maximum Gasteiger partial charge on any atom is 0.337 e. The van der Waals surface area contributed by atoms with E-state index in [0.717, 1.165) is 52.1 Å². The highest BCUT2D eigenvalue weighted by Crippen LogP contribution is 2.76. The van der Waals surface area contributed by atoms with Crippen molar-refractivity contribution in [3.8, 4) is 0 Å². The monoisotopic (exact) mass is 982 g/mol. The van der Waals surface area contributed by atoms with Crippen LogP contribution in [-0.2, 0) is 52.3 Å². The van der Waals surface area contributed by atoms with Crippen LogP contribution >= 0.6 is 0 Å². The summed E-state index contributed by atoms with van der Waals surface area (Å²) >= 11 is 0. The van der Waals surface area contributed by atoms with E-state index in [1.165, 1.54) is 12.5 Å². The molecule has 69 heavy (non-hydrogen) atoms. The summed E-state index contributed by atoms with van der Waals surface area (Å²) in [7, 11) is 1.06. The van der Waals surface area contributed by atoms with Crippen LogP contribution in [0.25, 0.3) is 0 Å². The van der Waals surface area contributed by atoms with Crippen molar-refractivity contribution in [2.45, 2.75) is 211 Å². The van der Waals surface area contributed by atoms with Crippen molar-refractivity contribution in [2.75, 3.05) is 13.7 Å². The van der Waals surface area contributed by atoms with Crippen LogP contribution in [0.3, 0.4) is 0 Å². The summed E-state index contributed by atoms with van der Waals surface area (Å²) in [5.74, 6) is -2.56. The maximum atomic E-state index is 13.2. The van der Waals surface area contributed by atoms with Gasteiger partial charge >= 0.3 is 17.9 Å². The third kappa shape index (κ3) is 7.54. The topological polar surface area (TPSA) is 307 Å². The molecule has 4 saturated carbocycles. The molecule has 0 aromatic heterocycles. The number of allylic oxidation sites excluding steroid dienone is 2. The predicted molar refractivity (Wildman–Crippen MR) is 234 cm³/mol. The molecule has 0 aromatic carbocycles. The highest BCUT2D eigenvalue weighted by Gasteiger charge is 2.72. The molecule has 20 heteroatoms. The average molecular weight is 983 g/mol. The van der Waals surface area contributed by atoms with Gasteiger partial charge in [-0.3, -0.25) is 4.79 Å². The summed E-state index contributed by atoms with van der Waals surface area (Å²) < 4.78 is 47.1. The molecular weight excluding hydrogens is 909 g/mol. The molecule has 9 aliphatic rings. The smallest absolute Gasteiger partial charge is 0.337 e. The number of fused-ring (bicyclic) bond motifs is 10. The fourth-order valence-corrected chi connectivity index (χ4v) is 15.6. The second kappa shape index (κ2) is 17.6. The van der Waals surface area contributed by atoms with E-state index >= 15 is 0 Å². The Morgan fingerprint density at radius 3 is 1.96 bits per heavy atom. The van der Waals surface area contributed by atoms with Crippen LogP contribution in [0.5, 0.6) is 0 Å². The van der Waals surface area contributed by atoms with Crippen LogP contribution < -0.4 is 0 Å². The van der Waals surface area contributed by atoms with Gasteiger partial charge in [-0.1, -0.05) is 46.3 Å². The zero-order valence-electron chi connectivity index (χ0n) is 40.7. The second-order valence-electron chi connectivity index (χ2n) is 23.6. The Balaban J connectivity index is 1.01. The summed E-state index contributed by atoms with van der Waals surface area (Å²) in [6.07, 6.45) is -19.6. The van der Waals surface area contributed by atoms with Crippen LogP contribution in [-0.4, -0.2) is 182 Å². The van der Waals surface area contributed by atoms with Crippen molar-refractivity contribution in [3.05, 3.63) is 11.6 Å². The van der Waals surface area contributed by atoms with Gasteiger partial charge in [0.25, 0.3) is 0 Å². The van der Waals surface area contributed by atoms with Crippen molar-refractivity contribution in [1.29, 1.82) is 0 Å². The van der Waals surface area contributed by atoms with Gasteiger partial charge in [0, 0.05) is 17.3 Å². The van der Waals surface area contributed by atoms with E-state index in [9.17, 15) is 60.3 Å². The minimum Gasteiger partial charge on any atom is -0.479 e. The minimum absolute atomic E-state index is 0.0847. The van der Waals surface area contributed by atoms with Gasteiger partial charge < -0.3 is 83.9 Å². The molecule has 2 bridgehead atoms. The number of carboxylic acid groups (broad SMARTS) is 1. The number of carbonyl (C=O) groups is 3. The molecule has 4 saturated heterocycles. The van der Waals surface area contributed by atoms with Crippen molar-refractivity contribution < 1.29 is 98.2 Å². The Kier molecular flexibility index (Phi) is 13.2. The number of carbonyl (C=O) groups excluding carboxylic acids is 2. The number of aliphatic hydroxyl groups is 8. The minimum atomic E-state index is -2.15. The van der Waals surface area contributed by atoms with Crippen molar-refractivity contribution >= 4 is 17.9 Å². The lowest BCUT2D eigenvalue weighted by atomic mass is 9.33. The van der Waals surface area contributed by atoms with Crippen LogP contribution in [0.4, 0.5) is 0 Å². The maximum absolute atomic E-state index is 13.2. The van der Waals surface area contributed by atoms with E-state index in [2.05, 4.69) is 40.7 Å². The van der Waals surface area contributed by atoms with E-state index < -0.39 is 121 Å². The number of hydrogen-bond donors (Lipinski definition) is 9. The summed E-state index contributed by atoms with van der Waals surface area (Å²) in [6, 6.07) is 0.